The number of fused-ring (bicyclic) bond motifs is 1. The molecule has 3 heteroatoms. The quantitative estimate of drug-likeness (QED) is 0.518. The Morgan fingerprint density at radius 2 is 2.29 bits per heavy atom. The van der Waals surface area contributed by atoms with Crippen molar-refractivity contribution in [2.75, 3.05) is 20.3 Å². The fourth-order valence-electron chi connectivity index (χ4n) is 3.08. The Morgan fingerprint density at radius 1 is 1.59 bits per heavy atom. The third-order valence-corrected chi connectivity index (χ3v) is 4.07. The standard InChI is InChI=1S/C14H20O3/c1-9-5-11(13(15)16-4)10(2)6-14(3)8-17-7-12(9)14/h12H,1,5-8H2,2-4H3. The normalized spacial score (nSPS) is 33.4. The first-order chi connectivity index (χ1) is 7.98. The van der Waals surface area contributed by atoms with Crippen molar-refractivity contribution in [2.24, 2.45) is 11.3 Å². The summed E-state index contributed by atoms with van der Waals surface area (Å²) in [4.78, 5) is 11.7. The molecule has 0 saturated carbocycles. The summed E-state index contributed by atoms with van der Waals surface area (Å²) in [5.74, 6) is 0.146. The number of ether oxygens (including phenoxy) is 2. The van der Waals surface area contributed by atoms with Gasteiger partial charge < -0.3 is 9.47 Å². The lowest BCUT2D eigenvalue weighted by atomic mass is 9.74. The summed E-state index contributed by atoms with van der Waals surface area (Å²) in [6, 6.07) is 0. The molecule has 0 aromatic heterocycles. The SMILES string of the molecule is C=C1CC(C(=O)OC)=C(C)CC2(C)COCC12. The summed E-state index contributed by atoms with van der Waals surface area (Å²) in [5.41, 5.74) is 3.10. The number of hydrogen-bond donors (Lipinski definition) is 0. The van der Waals surface area contributed by atoms with Gasteiger partial charge in [-0.1, -0.05) is 24.6 Å². The Balaban J connectivity index is 2.36. The minimum Gasteiger partial charge on any atom is -0.466 e. The van der Waals surface area contributed by atoms with Crippen LogP contribution >= 0.6 is 0 Å². The van der Waals surface area contributed by atoms with Gasteiger partial charge in [-0.25, -0.2) is 4.79 Å². The predicted octanol–water partition coefficient (Wildman–Crippen LogP) is 2.48. The van der Waals surface area contributed by atoms with Crippen molar-refractivity contribution in [3.05, 3.63) is 23.3 Å². The molecule has 0 amide bonds. The van der Waals surface area contributed by atoms with Gasteiger partial charge in [0, 0.05) is 23.3 Å². The Kier molecular flexibility index (Phi) is 3.13. The Morgan fingerprint density at radius 3 is 2.94 bits per heavy atom. The first kappa shape index (κ1) is 12.4. The molecule has 1 fully saturated rings. The van der Waals surface area contributed by atoms with Gasteiger partial charge in [0.25, 0.3) is 0 Å². The number of hydrogen-bond acceptors (Lipinski definition) is 3. The van der Waals surface area contributed by atoms with Crippen molar-refractivity contribution < 1.29 is 14.3 Å². The summed E-state index contributed by atoms with van der Waals surface area (Å²) in [6.07, 6.45) is 1.52. The van der Waals surface area contributed by atoms with Gasteiger partial charge in [0.15, 0.2) is 0 Å². The summed E-state index contributed by atoms with van der Waals surface area (Å²) < 4.78 is 10.4. The summed E-state index contributed by atoms with van der Waals surface area (Å²) in [6.45, 7) is 9.87. The maximum absolute atomic E-state index is 11.7. The molecule has 1 heterocycles. The van der Waals surface area contributed by atoms with Crippen LogP contribution in [-0.2, 0) is 14.3 Å². The molecule has 2 rings (SSSR count). The molecule has 0 spiro atoms. The Hall–Kier alpha value is -1.09. The van der Waals surface area contributed by atoms with E-state index in [-0.39, 0.29) is 11.4 Å². The largest absolute Gasteiger partial charge is 0.466 e. The number of carbonyl (C=O) groups excluding carboxylic acids is 1. The number of carbonyl (C=O) groups is 1. The number of allylic oxidation sites excluding steroid dienone is 1. The van der Waals surface area contributed by atoms with E-state index in [4.69, 9.17) is 9.47 Å². The highest BCUT2D eigenvalue weighted by atomic mass is 16.5. The van der Waals surface area contributed by atoms with Crippen LogP contribution in [0.15, 0.2) is 23.3 Å². The minimum absolute atomic E-state index is 0.0942. The average Bonchev–Trinajstić information content (AvgIpc) is 2.62. The molecule has 1 saturated heterocycles. The minimum atomic E-state index is -0.215. The van der Waals surface area contributed by atoms with E-state index in [2.05, 4.69) is 13.5 Å². The van der Waals surface area contributed by atoms with Crippen molar-refractivity contribution in [1.82, 2.24) is 0 Å². The van der Waals surface area contributed by atoms with E-state index >= 15 is 0 Å². The van der Waals surface area contributed by atoms with E-state index in [1.807, 2.05) is 6.92 Å². The van der Waals surface area contributed by atoms with E-state index in [9.17, 15) is 4.79 Å². The highest BCUT2D eigenvalue weighted by molar-refractivity contribution is 5.89. The smallest absolute Gasteiger partial charge is 0.333 e. The van der Waals surface area contributed by atoms with Crippen molar-refractivity contribution in [1.29, 1.82) is 0 Å². The van der Waals surface area contributed by atoms with Gasteiger partial charge in [-0.05, 0) is 13.3 Å². The van der Waals surface area contributed by atoms with E-state index in [0.717, 1.165) is 36.4 Å². The second-order valence-corrected chi connectivity index (χ2v) is 5.48. The maximum atomic E-state index is 11.7. The molecule has 1 aliphatic carbocycles. The van der Waals surface area contributed by atoms with Crippen LogP contribution in [0.3, 0.4) is 0 Å². The zero-order chi connectivity index (χ0) is 12.6. The van der Waals surface area contributed by atoms with Crippen LogP contribution in [0, 0.1) is 11.3 Å². The molecule has 0 bridgehead atoms. The second kappa shape index (κ2) is 4.30. The number of methoxy groups -OCH3 is 1. The van der Waals surface area contributed by atoms with Crippen molar-refractivity contribution in [2.45, 2.75) is 26.7 Å². The van der Waals surface area contributed by atoms with Crippen LogP contribution in [0.25, 0.3) is 0 Å². The molecule has 17 heavy (non-hydrogen) atoms. The van der Waals surface area contributed by atoms with Crippen LogP contribution in [-0.4, -0.2) is 26.3 Å². The highest BCUT2D eigenvalue weighted by Crippen LogP contribution is 2.47. The topological polar surface area (TPSA) is 35.5 Å². The summed E-state index contributed by atoms with van der Waals surface area (Å²) >= 11 is 0. The van der Waals surface area contributed by atoms with Gasteiger partial charge in [0.05, 0.1) is 20.3 Å². The van der Waals surface area contributed by atoms with Crippen LogP contribution < -0.4 is 0 Å². The average molecular weight is 236 g/mol. The van der Waals surface area contributed by atoms with Crippen LogP contribution in [0.1, 0.15) is 26.7 Å². The summed E-state index contributed by atoms with van der Waals surface area (Å²) in [7, 11) is 1.43. The summed E-state index contributed by atoms with van der Waals surface area (Å²) in [5, 5.41) is 0. The second-order valence-electron chi connectivity index (χ2n) is 5.48. The van der Waals surface area contributed by atoms with Gasteiger partial charge in [-0.2, -0.15) is 0 Å². The third-order valence-electron chi connectivity index (χ3n) is 4.07. The molecule has 3 nitrogen and oxygen atoms in total. The lowest BCUT2D eigenvalue weighted by molar-refractivity contribution is -0.136. The lowest BCUT2D eigenvalue weighted by Crippen LogP contribution is -2.26. The molecule has 94 valence electrons. The van der Waals surface area contributed by atoms with Gasteiger partial charge in [0.2, 0.25) is 0 Å². The van der Waals surface area contributed by atoms with E-state index in [1.54, 1.807) is 0 Å². The van der Waals surface area contributed by atoms with Gasteiger partial charge >= 0.3 is 5.97 Å². The fraction of sp³-hybridized carbons (Fsp3) is 0.643. The highest BCUT2D eigenvalue weighted by Gasteiger charge is 2.44. The molecule has 0 N–H and O–H groups in total. The first-order valence-corrected chi connectivity index (χ1v) is 6.00. The lowest BCUT2D eigenvalue weighted by Gasteiger charge is -2.28. The van der Waals surface area contributed by atoms with Crippen LogP contribution in [0.4, 0.5) is 0 Å². The zero-order valence-electron chi connectivity index (χ0n) is 10.8. The molecule has 0 radical (unpaired) electrons. The number of rotatable bonds is 1. The molecular weight excluding hydrogens is 216 g/mol. The molecular formula is C14H20O3. The van der Waals surface area contributed by atoms with Crippen molar-refractivity contribution >= 4 is 5.97 Å². The molecule has 0 aromatic carbocycles. The molecule has 0 aromatic rings. The molecule has 2 aliphatic rings. The fourth-order valence-corrected chi connectivity index (χ4v) is 3.08. The third kappa shape index (κ3) is 2.04. The maximum Gasteiger partial charge on any atom is 0.333 e. The predicted molar refractivity (Wildman–Crippen MR) is 65.5 cm³/mol. The monoisotopic (exact) mass is 236 g/mol. The Bertz CT molecular complexity index is 394. The van der Waals surface area contributed by atoms with Gasteiger partial charge in [-0.3, -0.25) is 0 Å². The van der Waals surface area contributed by atoms with Gasteiger partial charge in [-0.15, -0.1) is 0 Å². The molecule has 2 atom stereocenters. The van der Waals surface area contributed by atoms with Crippen molar-refractivity contribution in [3.63, 3.8) is 0 Å². The van der Waals surface area contributed by atoms with Crippen LogP contribution in [0.5, 0.6) is 0 Å². The van der Waals surface area contributed by atoms with E-state index < -0.39 is 0 Å². The van der Waals surface area contributed by atoms with Gasteiger partial charge in [0.1, 0.15) is 0 Å². The zero-order valence-corrected chi connectivity index (χ0v) is 10.8. The van der Waals surface area contributed by atoms with Crippen molar-refractivity contribution in [3.8, 4) is 0 Å². The Labute approximate surface area is 102 Å². The van der Waals surface area contributed by atoms with E-state index in [1.165, 1.54) is 7.11 Å². The number of esters is 1. The molecule has 2 unspecified atom stereocenters. The van der Waals surface area contributed by atoms with E-state index in [0.29, 0.717) is 12.3 Å². The first-order valence-electron chi connectivity index (χ1n) is 6.00. The molecule has 1 aliphatic heterocycles. The van der Waals surface area contributed by atoms with Crippen LogP contribution in [0.2, 0.25) is 0 Å².